The molecule has 1 unspecified atom stereocenters. The van der Waals surface area contributed by atoms with Gasteiger partial charge in [-0.1, -0.05) is 11.6 Å². The average molecular weight is 189 g/mol. The van der Waals surface area contributed by atoms with Gasteiger partial charge >= 0.3 is 0 Å². The Labute approximate surface area is 75.3 Å². The number of isocyanates is 2. The van der Waals surface area contributed by atoms with Crippen LogP contribution in [0.2, 0.25) is 0 Å². The predicted octanol–water partition coefficient (Wildman–Crippen LogP) is 1.39. The van der Waals surface area contributed by atoms with Gasteiger partial charge in [-0.05, 0) is 19.3 Å². The van der Waals surface area contributed by atoms with Gasteiger partial charge in [-0.15, -0.1) is 0 Å². The van der Waals surface area contributed by atoms with Crippen LogP contribution in [0.5, 0.6) is 0 Å². The summed E-state index contributed by atoms with van der Waals surface area (Å²) in [6.07, 6.45) is 4.96. The van der Waals surface area contributed by atoms with Crippen LogP contribution in [0.15, 0.2) is 9.98 Å². The second kappa shape index (κ2) is 8.15. The first-order valence-corrected chi connectivity index (χ1v) is 3.99. The zero-order chi connectivity index (χ0) is 9.23. The van der Waals surface area contributed by atoms with Crippen molar-refractivity contribution in [3.63, 3.8) is 0 Å². The number of hydrogen-bond acceptors (Lipinski definition) is 4. The average Bonchev–Trinajstić information content (AvgIpc) is 2.05. The number of alkyl halides is 1. The van der Waals surface area contributed by atoms with Gasteiger partial charge in [0.25, 0.3) is 0 Å². The standard InChI is InChI=1S/C7H9ClN2O2/c8-7(10-6-12)3-1-2-4-9-5-11/h7H,1-4H2. The molecule has 0 aliphatic carbocycles. The van der Waals surface area contributed by atoms with Crippen LogP contribution < -0.4 is 0 Å². The lowest BCUT2D eigenvalue weighted by molar-refractivity contribution is 0.558. The zero-order valence-corrected chi connectivity index (χ0v) is 7.25. The Morgan fingerprint density at radius 1 is 1.25 bits per heavy atom. The monoisotopic (exact) mass is 188 g/mol. The minimum atomic E-state index is -0.497. The molecule has 1 atom stereocenters. The second-order valence-corrected chi connectivity index (χ2v) is 2.63. The second-order valence-electron chi connectivity index (χ2n) is 2.12. The van der Waals surface area contributed by atoms with Gasteiger partial charge in [0.15, 0.2) is 0 Å². The first-order chi connectivity index (χ1) is 5.81. The van der Waals surface area contributed by atoms with E-state index in [1.807, 2.05) is 0 Å². The Kier molecular flexibility index (Phi) is 7.50. The molecule has 0 saturated heterocycles. The molecule has 0 rings (SSSR count). The van der Waals surface area contributed by atoms with Gasteiger partial charge < -0.3 is 0 Å². The first-order valence-electron chi connectivity index (χ1n) is 3.56. The Hall–Kier alpha value is -0.950. The van der Waals surface area contributed by atoms with Crippen molar-refractivity contribution >= 4 is 23.8 Å². The number of carbonyl (C=O) groups excluding carboxylic acids is 2. The molecule has 0 aromatic carbocycles. The highest BCUT2D eigenvalue weighted by Crippen LogP contribution is 2.07. The molecule has 0 aromatic rings. The van der Waals surface area contributed by atoms with Crippen LogP contribution >= 0.6 is 11.6 Å². The summed E-state index contributed by atoms with van der Waals surface area (Å²) < 4.78 is 0. The smallest absolute Gasteiger partial charge is 0.211 e. The highest BCUT2D eigenvalue weighted by Gasteiger charge is 1.99. The lowest BCUT2D eigenvalue weighted by Crippen LogP contribution is -1.93. The maximum absolute atomic E-state index is 9.70. The zero-order valence-electron chi connectivity index (χ0n) is 6.49. The summed E-state index contributed by atoms with van der Waals surface area (Å²) >= 11 is 5.56. The van der Waals surface area contributed by atoms with Crippen molar-refractivity contribution in [2.75, 3.05) is 6.54 Å². The highest BCUT2D eigenvalue weighted by molar-refractivity contribution is 6.20. The maximum Gasteiger partial charge on any atom is 0.236 e. The minimum Gasteiger partial charge on any atom is -0.211 e. The SMILES string of the molecule is O=C=NCCCCC(Cl)N=C=O. The number of aliphatic imine (C=N–C) groups is 2. The number of rotatable bonds is 6. The van der Waals surface area contributed by atoms with E-state index in [4.69, 9.17) is 11.6 Å². The van der Waals surface area contributed by atoms with Crippen molar-refractivity contribution in [1.29, 1.82) is 0 Å². The van der Waals surface area contributed by atoms with E-state index in [-0.39, 0.29) is 0 Å². The third-order valence-corrected chi connectivity index (χ3v) is 1.54. The Balaban J connectivity index is 3.30. The van der Waals surface area contributed by atoms with E-state index >= 15 is 0 Å². The summed E-state index contributed by atoms with van der Waals surface area (Å²) in [6, 6.07) is 0. The molecule has 0 aliphatic rings. The first kappa shape index (κ1) is 11.1. The van der Waals surface area contributed by atoms with Crippen LogP contribution in [0.1, 0.15) is 19.3 Å². The van der Waals surface area contributed by atoms with E-state index in [0.29, 0.717) is 13.0 Å². The fraction of sp³-hybridized carbons (Fsp3) is 0.714. The normalized spacial score (nSPS) is 11.1. The van der Waals surface area contributed by atoms with Crippen LogP contribution in [0.25, 0.3) is 0 Å². The molecule has 0 bridgehead atoms. The van der Waals surface area contributed by atoms with Gasteiger partial charge in [0.2, 0.25) is 12.2 Å². The van der Waals surface area contributed by atoms with Gasteiger partial charge in [-0.3, -0.25) is 0 Å². The van der Waals surface area contributed by atoms with Gasteiger partial charge in [0.05, 0.1) is 6.54 Å². The van der Waals surface area contributed by atoms with Crippen LogP contribution in [-0.4, -0.2) is 24.2 Å². The van der Waals surface area contributed by atoms with Crippen molar-refractivity contribution in [2.45, 2.75) is 24.8 Å². The van der Waals surface area contributed by atoms with E-state index in [1.165, 1.54) is 12.2 Å². The fourth-order valence-corrected chi connectivity index (χ4v) is 0.865. The molecular formula is C7H9ClN2O2. The lowest BCUT2D eigenvalue weighted by atomic mass is 10.2. The van der Waals surface area contributed by atoms with Crippen LogP contribution in [0.3, 0.4) is 0 Å². The summed E-state index contributed by atoms with van der Waals surface area (Å²) in [5.41, 5.74) is -0.497. The van der Waals surface area contributed by atoms with E-state index in [9.17, 15) is 9.59 Å². The lowest BCUT2D eigenvalue weighted by Gasteiger charge is -1.98. The minimum absolute atomic E-state index is 0.456. The Morgan fingerprint density at radius 2 is 2.00 bits per heavy atom. The van der Waals surface area contributed by atoms with E-state index in [0.717, 1.165) is 12.8 Å². The highest BCUT2D eigenvalue weighted by atomic mass is 35.5. The Bertz CT molecular complexity index is 207. The Morgan fingerprint density at radius 3 is 2.58 bits per heavy atom. The van der Waals surface area contributed by atoms with Crippen LogP contribution in [0.4, 0.5) is 0 Å². The maximum atomic E-state index is 9.70. The van der Waals surface area contributed by atoms with Gasteiger partial charge in [-0.25, -0.2) is 14.6 Å². The van der Waals surface area contributed by atoms with Crippen molar-refractivity contribution < 1.29 is 9.59 Å². The summed E-state index contributed by atoms with van der Waals surface area (Å²) in [5.74, 6) is 0. The van der Waals surface area contributed by atoms with Crippen LogP contribution in [0, 0.1) is 0 Å². The van der Waals surface area contributed by atoms with Crippen molar-refractivity contribution in [1.82, 2.24) is 0 Å². The molecule has 0 spiro atoms. The molecule has 66 valence electrons. The third-order valence-electron chi connectivity index (χ3n) is 1.22. The summed E-state index contributed by atoms with van der Waals surface area (Å²) in [7, 11) is 0. The predicted molar refractivity (Wildman–Crippen MR) is 44.6 cm³/mol. The van der Waals surface area contributed by atoms with Gasteiger partial charge in [0.1, 0.15) is 5.50 Å². The third kappa shape index (κ3) is 7.16. The van der Waals surface area contributed by atoms with E-state index in [2.05, 4.69) is 9.98 Å². The summed E-state index contributed by atoms with van der Waals surface area (Å²) in [6.45, 7) is 0.456. The molecule has 0 aromatic heterocycles. The van der Waals surface area contributed by atoms with Gasteiger partial charge in [0, 0.05) is 0 Å². The topological polar surface area (TPSA) is 58.9 Å². The van der Waals surface area contributed by atoms with Crippen LogP contribution in [-0.2, 0) is 9.59 Å². The molecule has 5 heteroatoms. The largest absolute Gasteiger partial charge is 0.236 e. The number of halogens is 1. The van der Waals surface area contributed by atoms with Crippen molar-refractivity contribution in [3.8, 4) is 0 Å². The van der Waals surface area contributed by atoms with Crippen molar-refractivity contribution in [3.05, 3.63) is 0 Å². The van der Waals surface area contributed by atoms with E-state index in [1.54, 1.807) is 0 Å². The quantitative estimate of drug-likeness (QED) is 0.208. The summed E-state index contributed by atoms with van der Waals surface area (Å²) in [4.78, 5) is 26.0. The molecular weight excluding hydrogens is 180 g/mol. The number of nitrogens with zero attached hydrogens (tertiary/aromatic N) is 2. The van der Waals surface area contributed by atoms with E-state index < -0.39 is 5.50 Å². The molecule has 0 radical (unpaired) electrons. The van der Waals surface area contributed by atoms with Gasteiger partial charge in [-0.2, -0.15) is 4.99 Å². The number of hydrogen-bond donors (Lipinski definition) is 0. The molecule has 0 aliphatic heterocycles. The van der Waals surface area contributed by atoms with Crippen molar-refractivity contribution in [2.24, 2.45) is 9.98 Å². The molecule has 0 amide bonds. The molecule has 0 heterocycles. The number of unbranched alkanes of at least 4 members (excludes halogenated alkanes) is 1. The molecule has 4 nitrogen and oxygen atoms in total. The molecule has 12 heavy (non-hydrogen) atoms. The fourth-order valence-electron chi connectivity index (χ4n) is 0.671. The molecule has 0 N–H and O–H groups in total. The molecule has 0 fully saturated rings. The summed E-state index contributed by atoms with van der Waals surface area (Å²) in [5, 5.41) is 0. The molecule has 0 saturated carbocycles.